The fraction of sp³-hybridized carbons (Fsp3) is 0.0137. The molecule has 0 aliphatic rings. The van der Waals surface area contributed by atoms with E-state index in [1.165, 1.54) is 12.1 Å². The van der Waals surface area contributed by atoms with Crippen LogP contribution < -0.4 is 0 Å². The topological polar surface area (TPSA) is 153 Å². The van der Waals surface area contributed by atoms with E-state index >= 15 is 13.2 Å². The average Bonchev–Trinajstić information content (AvgIpc) is 2.35. The number of halogens is 3. The third kappa shape index (κ3) is 8.87. The van der Waals surface area contributed by atoms with Crippen molar-refractivity contribution < 1.29 is 13.2 Å². The summed E-state index contributed by atoms with van der Waals surface area (Å²) in [6, 6.07) is 81.0. The van der Waals surface area contributed by atoms with Gasteiger partial charge in [-0.05, 0) is 189 Å². The number of fused-ring (bicyclic) bond motifs is 6. The third-order valence-electron chi connectivity index (χ3n) is 15.6. The van der Waals surface area contributed by atoms with Crippen LogP contribution in [0.5, 0.6) is 0 Å². The molecule has 0 spiro atoms. The quantitative estimate of drug-likeness (QED) is 0.148. The molecule has 0 aliphatic heterocycles. The fourth-order valence-corrected chi connectivity index (χ4v) is 11.5. The lowest BCUT2D eigenvalue weighted by molar-refractivity contribution is -0.137. The van der Waals surface area contributed by atoms with E-state index in [4.69, 9.17) is 0 Å². The molecule has 0 bridgehead atoms. The van der Waals surface area contributed by atoms with Gasteiger partial charge < -0.3 is 9.13 Å². The molecule has 13 rings (SSSR count). The Balaban J connectivity index is 1.12. The first kappa shape index (κ1) is 51.2. The maximum atomic E-state index is 15.3. The molecule has 0 atom stereocenters. The van der Waals surface area contributed by atoms with Gasteiger partial charge in [-0.1, -0.05) is 91.0 Å². The van der Waals surface area contributed by atoms with Crippen molar-refractivity contribution in [2.75, 3.05) is 0 Å². The van der Waals surface area contributed by atoms with E-state index in [9.17, 15) is 31.6 Å². The van der Waals surface area contributed by atoms with E-state index in [1.807, 2.05) is 120 Å². The highest BCUT2D eigenvalue weighted by Gasteiger charge is 2.35. The fourth-order valence-electron chi connectivity index (χ4n) is 11.5. The molecular weight excluding hydrogens is 1050 g/mol. The van der Waals surface area contributed by atoms with Crippen molar-refractivity contribution in [3.8, 4) is 115 Å². The van der Waals surface area contributed by atoms with Crippen LogP contribution in [0.3, 0.4) is 0 Å². The molecule has 8 nitrogen and oxygen atoms in total. The van der Waals surface area contributed by atoms with Gasteiger partial charge in [0.05, 0.1) is 109 Å². The Morgan fingerprint density at radius 2 is 0.548 bits per heavy atom. The van der Waals surface area contributed by atoms with Crippen LogP contribution in [-0.4, -0.2) is 9.13 Å². The summed E-state index contributed by atoms with van der Waals surface area (Å²) in [7, 11) is 0. The Bertz CT molecular complexity index is 4930. The molecule has 0 radical (unpaired) electrons. The third-order valence-corrected chi connectivity index (χ3v) is 15.6. The van der Waals surface area contributed by atoms with Crippen molar-refractivity contribution in [3.63, 3.8) is 0 Å². The van der Waals surface area contributed by atoms with Crippen LogP contribution >= 0.6 is 0 Å². The molecule has 0 unspecified atom stereocenters. The summed E-state index contributed by atoms with van der Waals surface area (Å²) in [4.78, 5) is 0. The molecule has 13 aromatic rings. The second-order valence-corrected chi connectivity index (χ2v) is 20.3. The lowest BCUT2D eigenvalue weighted by atomic mass is 9.92. The van der Waals surface area contributed by atoms with Gasteiger partial charge >= 0.3 is 6.18 Å². The van der Waals surface area contributed by atoms with Gasteiger partial charge in [0.25, 0.3) is 0 Å². The van der Waals surface area contributed by atoms with E-state index in [2.05, 4.69) is 59.2 Å². The van der Waals surface area contributed by atoms with Gasteiger partial charge in [-0.3, -0.25) is 0 Å². The zero-order chi connectivity index (χ0) is 57.8. The number of aromatic nitrogens is 2. The minimum absolute atomic E-state index is 0.134. The Labute approximate surface area is 479 Å². The molecule has 0 amide bonds. The van der Waals surface area contributed by atoms with Crippen molar-refractivity contribution in [2.24, 2.45) is 0 Å². The summed E-state index contributed by atoms with van der Waals surface area (Å²) < 4.78 is 50.0. The van der Waals surface area contributed by atoms with Gasteiger partial charge in [0.15, 0.2) is 0 Å². The first-order chi connectivity index (χ1) is 40.9. The van der Waals surface area contributed by atoms with Crippen molar-refractivity contribution in [1.29, 1.82) is 31.6 Å². The number of hydrogen-bond acceptors (Lipinski definition) is 6. The maximum absolute atomic E-state index is 15.3. The lowest BCUT2D eigenvalue weighted by Crippen LogP contribution is -2.08. The Kier molecular flexibility index (Phi) is 12.5. The largest absolute Gasteiger partial charge is 0.417 e. The van der Waals surface area contributed by atoms with Gasteiger partial charge in [0.1, 0.15) is 0 Å². The Morgan fingerprint density at radius 1 is 0.250 bits per heavy atom. The zero-order valence-electron chi connectivity index (χ0n) is 44.1. The van der Waals surface area contributed by atoms with Gasteiger partial charge in [0, 0.05) is 32.7 Å². The van der Waals surface area contributed by atoms with Crippen molar-refractivity contribution in [1.82, 2.24) is 9.13 Å². The zero-order valence-corrected chi connectivity index (χ0v) is 44.1. The van der Waals surface area contributed by atoms with Crippen LogP contribution in [-0.2, 0) is 6.18 Å². The molecule has 0 saturated carbocycles. The highest BCUT2D eigenvalue weighted by atomic mass is 19.4. The van der Waals surface area contributed by atoms with Crippen LogP contribution in [0.25, 0.3) is 122 Å². The molecule has 2 aromatic heterocycles. The molecule has 0 aliphatic carbocycles. The van der Waals surface area contributed by atoms with E-state index < -0.39 is 11.7 Å². The predicted octanol–water partition coefficient (Wildman–Crippen LogP) is 18.1. The van der Waals surface area contributed by atoms with E-state index in [1.54, 1.807) is 72.8 Å². The molecular formula is C73H37F3N8. The Morgan fingerprint density at radius 3 is 0.905 bits per heavy atom. The highest BCUT2D eigenvalue weighted by Crippen LogP contribution is 2.46. The number of nitriles is 6. The van der Waals surface area contributed by atoms with Gasteiger partial charge in [0.2, 0.25) is 0 Å². The van der Waals surface area contributed by atoms with Crippen molar-refractivity contribution in [3.05, 3.63) is 263 Å². The first-order valence-electron chi connectivity index (χ1n) is 26.5. The van der Waals surface area contributed by atoms with Crippen molar-refractivity contribution >= 4 is 43.6 Å². The number of benzene rings is 11. The van der Waals surface area contributed by atoms with Crippen molar-refractivity contribution in [2.45, 2.75) is 6.18 Å². The highest BCUT2D eigenvalue weighted by molar-refractivity contribution is 6.14. The summed E-state index contributed by atoms with van der Waals surface area (Å²) in [5, 5.41) is 62.5. The van der Waals surface area contributed by atoms with Crippen LogP contribution in [0.2, 0.25) is 0 Å². The SMILES string of the molecule is N#Cc1ccc(-c2ccc3c(c2)c2cc(-c4ccc(C#N)cc4)ccc2n3-c2ccc(C#N)cc2-c2ccc(-c3ccc(C#N)cc3C(F)(F)F)cc2-n2c3ccc(-c4ccc(C#N)cc4)cc3c3cc(-c4ccc(C#N)cc4)ccc32)cc1. The van der Waals surface area contributed by atoms with E-state index in [0.717, 1.165) is 83.2 Å². The van der Waals surface area contributed by atoms with Crippen LogP contribution in [0.1, 0.15) is 38.9 Å². The van der Waals surface area contributed by atoms with Crippen LogP contribution in [0.15, 0.2) is 224 Å². The number of alkyl halides is 3. The van der Waals surface area contributed by atoms with E-state index in [0.29, 0.717) is 61.4 Å². The molecule has 11 heteroatoms. The van der Waals surface area contributed by atoms with E-state index in [-0.39, 0.29) is 16.7 Å². The molecule has 2 heterocycles. The normalized spacial score (nSPS) is 11.2. The number of hydrogen-bond donors (Lipinski definition) is 0. The second kappa shape index (κ2) is 20.4. The first-order valence-corrected chi connectivity index (χ1v) is 26.5. The summed E-state index contributed by atoms with van der Waals surface area (Å²) in [5.41, 5.74) is 13.9. The lowest BCUT2D eigenvalue weighted by Gasteiger charge is -2.21. The number of nitrogens with zero attached hydrogens (tertiary/aromatic N) is 8. The molecule has 84 heavy (non-hydrogen) atoms. The van der Waals surface area contributed by atoms with Crippen LogP contribution in [0, 0.1) is 68.0 Å². The smallest absolute Gasteiger partial charge is 0.309 e. The average molecular weight is 1080 g/mol. The van der Waals surface area contributed by atoms with Crippen LogP contribution in [0.4, 0.5) is 13.2 Å². The summed E-state index contributed by atoms with van der Waals surface area (Å²) >= 11 is 0. The van der Waals surface area contributed by atoms with Gasteiger partial charge in [-0.25, -0.2) is 0 Å². The summed E-state index contributed by atoms with van der Waals surface area (Å²) in [6.45, 7) is 0. The Hall–Kier alpha value is -12.3. The standard InChI is InChI=1S/C73H37F3N8/c74-73(75,76)66-32-49(43-82)9-24-59(66)58-19-25-60(72(37-58)84-70-29-22-56(52-15-5-46(40-79)6-16-52)35-64(70)65-36-57(23-30-71(65)84)53-17-7-47(41-80)8-18-53)61-31-48(42-81)10-26-67(61)83-68-27-20-54(50-11-1-44(38-77)2-12-50)33-62(68)63-34-55(21-28-69(63)83)51-13-3-45(39-78)4-14-51/h1-37H. The number of rotatable bonds is 8. The predicted molar refractivity (Wildman–Crippen MR) is 321 cm³/mol. The monoisotopic (exact) mass is 1080 g/mol. The minimum atomic E-state index is -4.83. The van der Waals surface area contributed by atoms with Gasteiger partial charge in [-0.15, -0.1) is 0 Å². The molecule has 0 saturated heterocycles. The minimum Gasteiger partial charge on any atom is -0.309 e. The summed E-state index contributed by atoms with van der Waals surface area (Å²) in [6.07, 6.45) is -4.83. The molecule has 390 valence electrons. The molecule has 0 fully saturated rings. The van der Waals surface area contributed by atoms with Gasteiger partial charge in [-0.2, -0.15) is 44.7 Å². The molecule has 11 aromatic carbocycles. The second-order valence-electron chi connectivity index (χ2n) is 20.3. The summed E-state index contributed by atoms with van der Waals surface area (Å²) in [5.74, 6) is 0. The molecule has 0 N–H and O–H groups in total. The maximum Gasteiger partial charge on any atom is 0.417 e.